The average molecular weight is 189 g/mol. The Hall–Kier alpha value is -0.820. The lowest BCUT2D eigenvalue weighted by Gasteiger charge is -2.07. The molecule has 1 aliphatic rings. The Balaban J connectivity index is 1.82. The minimum atomic E-state index is 0.618. The number of hydrogen-bond donors (Lipinski definition) is 1. The molecule has 0 bridgehead atoms. The van der Waals surface area contributed by atoms with Gasteiger partial charge in [0.05, 0.1) is 0 Å². The highest BCUT2D eigenvalue weighted by Gasteiger charge is 2.37. The Bertz CT molecular complexity index is 279. The predicted octanol–water partition coefficient (Wildman–Crippen LogP) is 2.79. The molecule has 0 aromatic heterocycles. The molecule has 2 atom stereocenters. The fourth-order valence-electron chi connectivity index (χ4n) is 1.97. The van der Waals surface area contributed by atoms with Crippen LogP contribution in [0.25, 0.3) is 0 Å². The SMILES string of the molecule is CC(C)NCC1CC1c1ccccc1. The van der Waals surface area contributed by atoms with Crippen LogP contribution in [-0.4, -0.2) is 12.6 Å². The summed E-state index contributed by atoms with van der Waals surface area (Å²) in [5.74, 6) is 1.70. The van der Waals surface area contributed by atoms with Crippen molar-refractivity contribution < 1.29 is 0 Å². The molecule has 1 nitrogen and oxygen atoms in total. The van der Waals surface area contributed by atoms with Crippen LogP contribution in [0.3, 0.4) is 0 Å². The van der Waals surface area contributed by atoms with Crippen LogP contribution in [0.15, 0.2) is 30.3 Å². The second-order valence-corrected chi connectivity index (χ2v) is 4.58. The fourth-order valence-corrected chi connectivity index (χ4v) is 1.97. The monoisotopic (exact) mass is 189 g/mol. The molecule has 1 heteroatoms. The molecule has 0 spiro atoms. The lowest BCUT2D eigenvalue weighted by atomic mass is 10.1. The van der Waals surface area contributed by atoms with Gasteiger partial charge in [0.1, 0.15) is 0 Å². The van der Waals surface area contributed by atoms with Gasteiger partial charge in [0.2, 0.25) is 0 Å². The molecule has 76 valence electrons. The fraction of sp³-hybridized carbons (Fsp3) is 0.538. The summed E-state index contributed by atoms with van der Waals surface area (Å²) in [6.07, 6.45) is 1.36. The van der Waals surface area contributed by atoms with Gasteiger partial charge in [-0.2, -0.15) is 0 Å². The number of hydrogen-bond acceptors (Lipinski definition) is 1. The first-order valence-electron chi connectivity index (χ1n) is 5.55. The minimum absolute atomic E-state index is 0.618. The van der Waals surface area contributed by atoms with Gasteiger partial charge in [0.25, 0.3) is 0 Å². The molecule has 2 unspecified atom stereocenters. The first-order chi connectivity index (χ1) is 6.77. The normalized spacial score (nSPS) is 25.4. The summed E-state index contributed by atoms with van der Waals surface area (Å²) in [5.41, 5.74) is 1.52. The van der Waals surface area contributed by atoms with E-state index < -0.39 is 0 Å². The van der Waals surface area contributed by atoms with Crippen molar-refractivity contribution in [2.24, 2.45) is 5.92 Å². The summed E-state index contributed by atoms with van der Waals surface area (Å²) in [7, 11) is 0. The third-order valence-electron chi connectivity index (χ3n) is 2.94. The summed E-state index contributed by atoms with van der Waals surface area (Å²) < 4.78 is 0. The Morgan fingerprint density at radius 1 is 1.29 bits per heavy atom. The largest absolute Gasteiger partial charge is 0.314 e. The zero-order valence-corrected chi connectivity index (χ0v) is 9.03. The molecule has 1 N–H and O–H groups in total. The maximum Gasteiger partial charge on any atom is 0.00104 e. The van der Waals surface area contributed by atoms with Gasteiger partial charge in [-0.1, -0.05) is 44.2 Å². The summed E-state index contributed by atoms with van der Waals surface area (Å²) in [6.45, 7) is 5.59. The van der Waals surface area contributed by atoms with Gasteiger partial charge in [-0.15, -0.1) is 0 Å². The van der Waals surface area contributed by atoms with Crippen molar-refractivity contribution in [3.8, 4) is 0 Å². The van der Waals surface area contributed by atoms with Crippen LogP contribution in [0.1, 0.15) is 31.7 Å². The molecule has 1 saturated carbocycles. The Labute approximate surface area is 86.5 Å². The predicted molar refractivity (Wildman–Crippen MR) is 60.4 cm³/mol. The van der Waals surface area contributed by atoms with E-state index >= 15 is 0 Å². The second kappa shape index (κ2) is 4.14. The van der Waals surface area contributed by atoms with E-state index in [0.717, 1.165) is 11.8 Å². The zero-order chi connectivity index (χ0) is 9.97. The van der Waals surface area contributed by atoms with Crippen molar-refractivity contribution in [2.45, 2.75) is 32.2 Å². The number of benzene rings is 1. The van der Waals surface area contributed by atoms with Crippen molar-refractivity contribution in [1.82, 2.24) is 5.32 Å². The molecule has 0 radical (unpaired) electrons. The maximum atomic E-state index is 3.51. The van der Waals surface area contributed by atoms with Crippen molar-refractivity contribution in [3.63, 3.8) is 0 Å². The van der Waals surface area contributed by atoms with E-state index in [-0.39, 0.29) is 0 Å². The van der Waals surface area contributed by atoms with E-state index in [4.69, 9.17) is 0 Å². The number of nitrogens with one attached hydrogen (secondary N) is 1. The summed E-state index contributed by atoms with van der Waals surface area (Å²) in [6, 6.07) is 11.5. The van der Waals surface area contributed by atoms with E-state index in [1.54, 1.807) is 0 Å². The van der Waals surface area contributed by atoms with Crippen molar-refractivity contribution in [1.29, 1.82) is 0 Å². The van der Waals surface area contributed by atoms with E-state index in [1.165, 1.54) is 18.5 Å². The molecule has 2 rings (SSSR count). The van der Waals surface area contributed by atoms with Gasteiger partial charge >= 0.3 is 0 Å². The molecule has 1 fully saturated rings. The van der Waals surface area contributed by atoms with Crippen LogP contribution in [0.5, 0.6) is 0 Å². The zero-order valence-electron chi connectivity index (χ0n) is 9.03. The van der Waals surface area contributed by atoms with E-state index in [0.29, 0.717) is 6.04 Å². The van der Waals surface area contributed by atoms with Crippen molar-refractivity contribution >= 4 is 0 Å². The van der Waals surface area contributed by atoms with Crippen LogP contribution in [0.2, 0.25) is 0 Å². The van der Waals surface area contributed by atoms with Gasteiger partial charge in [0, 0.05) is 6.04 Å². The van der Waals surface area contributed by atoms with Crippen LogP contribution in [0, 0.1) is 5.92 Å². The van der Waals surface area contributed by atoms with Gasteiger partial charge in [-0.3, -0.25) is 0 Å². The van der Waals surface area contributed by atoms with Crippen LogP contribution in [0.4, 0.5) is 0 Å². The molecule has 14 heavy (non-hydrogen) atoms. The highest BCUT2D eigenvalue weighted by atomic mass is 14.9. The van der Waals surface area contributed by atoms with Crippen LogP contribution in [-0.2, 0) is 0 Å². The Morgan fingerprint density at radius 3 is 2.64 bits per heavy atom. The topological polar surface area (TPSA) is 12.0 Å². The first-order valence-corrected chi connectivity index (χ1v) is 5.55. The van der Waals surface area contributed by atoms with Gasteiger partial charge in [0.15, 0.2) is 0 Å². The first kappa shape index (κ1) is 9.72. The molecule has 1 aromatic rings. The maximum absolute atomic E-state index is 3.51. The lowest BCUT2D eigenvalue weighted by Crippen LogP contribution is -2.25. The molecular formula is C13H19N. The second-order valence-electron chi connectivity index (χ2n) is 4.58. The highest BCUT2D eigenvalue weighted by molar-refractivity contribution is 5.25. The summed E-state index contributed by atoms with van der Waals surface area (Å²) >= 11 is 0. The smallest absolute Gasteiger partial charge is 0.00104 e. The standard InChI is InChI=1S/C13H19N/c1-10(2)14-9-12-8-13(12)11-6-4-3-5-7-11/h3-7,10,12-14H,8-9H2,1-2H3. The molecule has 0 heterocycles. The quantitative estimate of drug-likeness (QED) is 0.768. The minimum Gasteiger partial charge on any atom is -0.314 e. The molecule has 0 aliphatic heterocycles. The van der Waals surface area contributed by atoms with Gasteiger partial charge in [-0.25, -0.2) is 0 Å². The van der Waals surface area contributed by atoms with Crippen molar-refractivity contribution in [3.05, 3.63) is 35.9 Å². The van der Waals surface area contributed by atoms with Gasteiger partial charge in [-0.05, 0) is 30.4 Å². The lowest BCUT2D eigenvalue weighted by molar-refractivity contribution is 0.554. The Kier molecular flexibility index (Phi) is 2.87. The average Bonchev–Trinajstić information content (AvgIpc) is 2.95. The van der Waals surface area contributed by atoms with Gasteiger partial charge < -0.3 is 5.32 Å². The molecular weight excluding hydrogens is 170 g/mol. The molecule has 0 amide bonds. The van der Waals surface area contributed by atoms with E-state index in [1.807, 2.05) is 0 Å². The number of rotatable bonds is 4. The highest BCUT2D eigenvalue weighted by Crippen LogP contribution is 2.46. The third-order valence-corrected chi connectivity index (χ3v) is 2.94. The van der Waals surface area contributed by atoms with Crippen molar-refractivity contribution in [2.75, 3.05) is 6.54 Å². The summed E-state index contributed by atoms with van der Waals surface area (Å²) in [5, 5.41) is 3.51. The third kappa shape index (κ3) is 2.36. The van der Waals surface area contributed by atoms with E-state index in [2.05, 4.69) is 49.5 Å². The summed E-state index contributed by atoms with van der Waals surface area (Å²) in [4.78, 5) is 0. The Morgan fingerprint density at radius 2 is 2.00 bits per heavy atom. The van der Waals surface area contributed by atoms with E-state index in [9.17, 15) is 0 Å². The van der Waals surface area contributed by atoms with Crippen LogP contribution >= 0.6 is 0 Å². The molecule has 1 aliphatic carbocycles. The molecule has 0 saturated heterocycles. The van der Waals surface area contributed by atoms with Crippen LogP contribution < -0.4 is 5.32 Å². The molecule has 1 aromatic carbocycles.